The standard InChI is InChI=1S/C20H20O7/c21-12-7-8-16(23)19(25)11(12)9-13(22)18(24)20(19)26-14-5-1-3-10-4-2-6-15(27-20)17(10)14/h1-6,11-13,18,21-22,24-25H,7-9H2. The first-order valence-corrected chi connectivity index (χ1v) is 9.08. The largest absolute Gasteiger partial charge is 0.446 e. The summed E-state index contributed by atoms with van der Waals surface area (Å²) in [4.78, 5) is 12.9. The third-order valence-electron chi connectivity index (χ3n) is 6.23. The van der Waals surface area contributed by atoms with Crippen LogP contribution >= 0.6 is 0 Å². The van der Waals surface area contributed by atoms with Crippen molar-refractivity contribution in [2.45, 2.75) is 49.0 Å². The lowest BCUT2D eigenvalue weighted by Gasteiger charge is -2.58. The van der Waals surface area contributed by atoms with Crippen molar-refractivity contribution in [2.75, 3.05) is 0 Å². The van der Waals surface area contributed by atoms with Gasteiger partial charge in [-0.1, -0.05) is 24.3 Å². The third-order valence-corrected chi connectivity index (χ3v) is 6.23. The average Bonchev–Trinajstić information content (AvgIpc) is 2.66. The van der Waals surface area contributed by atoms with Crippen molar-refractivity contribution >= 4 is 16.6 Å². The van der Waals surface area contributed by atoms with E-state index in [1.807, 2.05) is 12.1 Å². The van der Waals surface area contributed by atoms with Crippen molar-refractivity contribution < 1.29 is 34.7 Å². The van der Waals surface area contributed by atoms with E-state index in [0.29, 0.717) is 16.9 Å². The van der Waals surface area contributed by atoms with Crippen LogP contribution in [0.5, 0.6) is 11.5 Å². The van der Waals surface area contributed by atoms with Crippen LogP contribution in [0, 0.1) is 5.92 Å². The quantitative estimate of drug-likeness (QED) is 0.532. The second-order valence-electron chi connectivity index (χ2n) is 7.63. The molecule has 7 nitrogen and oxygen atoms in total. The van der Waals surface area contributed by atoms with E-state index >= 15 is 0 Å². The van der Waals surface area contributed by atoms with E-state index in [2.05, 4.69) is 0 Å². The first-order valence-electron chi connectivity index (χ1n) is 9.08. The van der Waals surface area contributed by atoms with Crippen LogP contribution in [0.3, 0.4) is 0 Å². The first-order chi connectivity index (χ1) is 12.9. The van der Waals surface area contributed by atoms with Crippen molar-refractivity contribution in [3.05, 3.63) is 36.4 Å². The molecule has 7 heteroatoms. The summed E-state index contributed by atoms with van der Waals surface area (Å²) in [5.41, 5.74) is -2.29. The highest BCUT2D eigenvalue weighted by Gasteiger charge is 2.74. The Labute approximate surface area is 154 Å². The topological polar surface area (TPSA) is 116 Å². The number of ether oxygens (including phenoxy) is 2. The number of rotatable bonds is 0. The highest BCUT2D eigenvalue weighted by molar-refractivity contribution is 5.95. The zero-order valence-electron chi connectivity index (χ0n) is 14.4. The van der Waals surface area contributed by atoms with Crippen molar-refractivity contribution in [3.8, 4) is 11.5 Å². The van der Waals surface area contributed by atoms with Gasteiger partial charge in [0.25, 0.3) is 0 Å². The molecule has 1 heterocycles. The maximum atomic E-state index is 12.9. The van der Waals surface area contributed by atoms with Crippen molar-refractivity contribution in [1.82, 2.24) is 0 Å². The normalized spacial score (nSPS) is 36.8. The molecule has 2 aromatic carbocycles. The molecule has 2 saturated carbocycles. The van der Waals surface area contributed by atoms with Crippen LogP contribution in [0.2, 0.25) is 0 Å². The fraction of sp³-hybridized carbons (Fsp3) is 0.450. The fourth-order valence-corrected chi connectivity index (χ4v) is 4.87. The van der Waals surface area contributed by atoms with Crippen LogP contribution < -0.4 is 9.47 Å². The number of fused-ring (bicyclic) bond motifs is 2. The van der Waals surface area contributed by atoms with E-state index in [-0.39, 0.29) is 19.3 Å². The second-order valence-corrected chi connectivity index (χ2v) is 7.63. The number of ketones is 1. The van der Waals surface area contributed by atoms with Gasteiger partial charge in [-0.25, -0.2) is 0 Å². The van der Waals surface area contributed by atoms with E-state index in [0.717, 1.165) is 5.39 Å². The summed E-state index contributed by atoms with van der Waals surface area (Å²) in [6.45, 7) is 0. The molecule has 2 fully saturated rings. The molecule has 0 bridgehead atoms. The number of carbonyl (C=O) groups is 1. The van der Waals surface area contributed by atoms with Gasteiger partial charge in [-0.15, -0.1) is 0 Å². The summed E-state index contributed by atoms with van der Waals surface area (Å²) in [5, 5.41) is 44.8. The van der Waals surface area contributed by atoms with Gasteiger partial charge < -0.3 is 29.9 Å². The smallest absolute Gasteiger partial charge is 0.316 e. The highest BCUT2D eigenvalue weighted by atomic mass is 16.7. The predicted octanol–water partition coefficient (Wildman–Crippen LogP) is 0.504. The van der Waals surface area contributed by atoms with Gasteiger partial charge in [0.2, 0.25) is 5.60 Å². The van der Waals surface area contributed by atoms with E-state index < -0.39 is 41.4 Å². The molecule has 5 unspecified atom stereocenters. The number of hydrogen-bond donors (Lipinski definition) is 4. The van der Waals surface area contributed by atoms with Gasteiger partial charge in [-0.3, -0.25) is 4.79 Å². The Kier molecular flexibility index (Phi) is 3.40. The molecule has 4 N–H and O–H groups in total. The molecule has 3 aliphatic rings. The zero-order chi connectivity index (χ0) is 19.0. The maximum Gasteiger partial charge on any atom is 0.316 e. The number of aliphatic hydroxyl groups excluding tert-OH is 3. The van der Waals surface area contributed by atoms with E-state index in [9.17, 15) is 25.2 Å². The third kappa shape index (κ3) is 1.97. The zero-order valence-corrected chi connectivity index (χ0v) is 14.4. The molecule has 27 heavy (non-hydrogen) atoms. The summed E-state index contributed by atoms with van der Waals surface area (Å²) in [6.07, 6.45) is -4.07. The molecular formula is C20H20O7. The van der Waals surface area contributed by atoms with Crippen LogP contribution in [0.15, 0.2) is 36.4 Å². The molecule has 5 rings (SSSR count). The Morgan fingerprint density at radius 3 is 2.22 bits per heavy atom. The predicted molar refractivity (Wildman–Crippen MR) is 93.3 cm³/mol. The van der Waals surface area contributed by atoms with Gasteiger partial charge in [-0.05, 0) is 30.4 Å². The molecule has 1 spiro atoms. The summed E-state index contributed by atoms with van der Waals surface area (Å²) >= 11 is 0. The molecule has 142 valence electrons. The molecule has 2 aliphatic carbocycles. The molecule has 0 aromatic heterocycles. The van der Waals surface area contributed by atoms with Crippen molar-refractivity contribution in [3.63, 3.8) is 0 Å². The fourth-order valence-electron chi connectivity index (χ4n) is 4.87. The SMILES string of the molecule is O=C1CCC(O)C2CC(O)C(O)C3(Oc4cccc5cccc(c45)O3)C12O. The Morgan fingerprint density at radius 1 is 0.963 bits per heavy atom. The Bertz CT molecular complexity index is 900. The van der Waals surface area contributed by atoms with E-state index in [1.165, 1.54) is 0 Å². The number of aliphatic hydroxyl groups is 4. The van der Waals surface area contributed by atoms with Gasteiger partial charge in [0.1, 0.15) is 11.5 Å². The lowest BCUT2D eigenvalue weighted by molar-refractivity contribution is -0.335. The minimum Gasteiger partial charge on any atom is -0.446 e. The molecular weight excluding hydrogens is 352 g/mol. The summed E-state index contributed by atoms with van der Waals surface area (Å²) in [5.74, 6) is -3.15. The van der Waals surface area contributed by atoms with Crippen molar-refractivity contribution in [2.24, 2.45) is 5.92 Å². The summed E-state index contributed by atoms with van der Waals surface area (Å²) in [6, 6.07) is 10.6. The second kappa shape index (κ2) is 5.42. The minimum atomic E-state index is -2.29. The Balaban J connectivity index is 1.75. The number of benzene rings is 2. The van der Waals surface area contributed by atoms with Gasteiger partial charge >= 0.3 is 5.79 Å². The summed E-state index contributed by atoms with van der Waals surface area (Å²) in [7, 11) is 0. The van der Waals surface area contributed by atoms with E-state index in [1.54, 1.807) is 24.3 Å². The number of carbonyl (C=O) groups excluding carboxylic acids is 1. The van der Waals surface area contributed by atoms with Crippen LogP contribution in [0.1, 0.15) is 19.3 Å². The van der Waals surface area contributed by atoms with Crippen LogP contribution in [-0.4, -0.2) is 55.9 Å². The van der Waals surface area contributed by atoms with Crippen LogP contribution in [-0.2, 0) is 4.79 Å². The molecule has 0 saturated heterocycles. The summed E-state index contributed by atoms with van der Waals surface area (Å²) < 4.78 is 12.0. The van der Waals surface area contributed by atoms with E-state index in [4.69, 9.17) is 9.47 Å². The number of Topliss-reactive ketones (excluding diaryl/α,β-unsaturated/α-hetero) is 1. The molecule has 2 aromatic rings. The van der Waals surface area contributed by atoms with Gasteiger partial charge in [0.15, 0.2) is 11.9 Å². The van der Waals surface area contributed by atoms with Gasteiger partial charge in [-0.2, -0.15) is 0 Å². The highest BCUT2D eigenvalue weighted by Crippen LogP contribution is 2.54. The monoisotopic (exact) mass is 372 g/mol. The Hall–Kier alpha value is -2.19. The van der Waals surface area contributed by atoms with Crippen molar-refractivity contribution in [1.29, 1.82) is 0 Å². The first kappa shape index (κ1) is 16.9. The minimum absolute atomic E-state index is 0.0721. The Morgan fingerprint density at radius 2 is 1.59 bits per heavy atom. The van der Waals surface area contributed by atoms with Crippen LogP contribution in [0.25, 0.3) is 10.8 Å². The lowest BCUT2D eigenvalue weighted by atomic mass is 9.60. The van der Waals surface area contributed by atoms with Gasteiger partial charge in [0, 0.05) is 12.3 Å². The molecule has 5 atom stereocenters. The lowest BCUT2D eigenvalue weighted by Crippen LogP contribution is -2.81. The average molecular weight is 372 g/mol. The van der Waals surface area contributed by atoms with Crippen LogP contribution in [0.4, 0.5) is 0 Å². The number of hydrogen-bond acceptors (Lipinski definition) is 7. The molecule has 0 radical (unpaired) electrons. The molecule has 1 aliphatic heterocycles. The molecule has 0 amide bonds. The van der Waals surface area contributed by atoms with Gasteiger partial charge in [0.05, 0.1) is 17.6 Å². The maximum absolute atomic E-state index is 12.9.